The van der Waals surface area contributed by atoms with Gasteiger partial charge in [0.2, 0.25) is 0 Å². The quantitative estimate of drug-likeness (QED) is 0.811. The Bertz CT molecular complexity index is 556. The molecule has 2 rings (SSSR count). The van der Waals surface area contributed by atoms with Crippen molar-refractivity contribution in [2.24, 2.45) is 0 Å². The summed E-state index contributed by atoms with van der Waals surface area (Å²) in [5, 5.41) is 13.0. The lowest BCUT2D eigenvalue weighted by atomic mass is 10.2. The van der Waals surface area contributed by atoms with Crippen molar-refractivity contribution in [3.63, 3.8) is 0 Å². The lowest BCUT2D eigenvalue weighted by Crippen LogP contribution is -2.06. The second-order valence-electron chi connectivity index (χ2n) is 3.81. The number of hydrogen-bond acceptors (Lipinski definition) is 4. The highest BCUT2D eigenvalue weighted by molar-refractivity contribution is 5.42. The third-order valence-corrected chi connectivity index (χ3v) is 2.46. The number of hydrogen-bond donors (Lipinski definition) is 1. The molecule has 0 aliphatic heterocycles. The molecule has 1 aromatic heterocycles. The Morgan fingerprint density at radius 2 is 2.17 bits per heavy atom. The van der Waals surface area contributed by atoms with E-state index in [-0.39, 0.29) is 0 Å². The van der Waals surface area contributed by atoms with E-state index in [4.69, 9.17) is 15.7 Å². The Morgan fingerprint density at radius 3 is 2.89 bits per heavy atom. The molecule has 0 atom stereocenters. The zero-order valence-corrected chi connectivity index (χ0v) is 9.91. The van der Waals surface area contributed by atoms with Crippen LogP contribution < -0.4 is 10.5 Å². The molecule has 0 fully saturated rings. The largest absolute Gasteiger partial charge is 0.492 e. The second-order valence-corrected chi connectivity index (χ2v) is 3.81. The van der Waals surface area contributed by atoms with Gasteiger partial charge in [0.1, 0.15) is 17.6 Å². The van der Waals surface area contributed by atoms with E-state index >= 15 is 0 Å². The van der Waals surface area contributed by atoms with Gasteiger partial charge in [-0.05, 0) is 18.2 Å². The Morgan fingerprint density at radius 1 is 1.33 bits per heavy atom. The van der Waals surface area contributed by atoms with E-state index in [1.165, 1.54) is 0 Å². The highest BCUT2D eigenvalue weighted by atomic mass is 16.5. The van der Waals surface area contributed by atoms with Gasteiger partial charge in [-0.15, -0.1) is 0 Å². The number of nitrogen functional groups attached to an aromatic ring is 1. The molecule has 0 amide bonds. The summed E-state index contributed by atoms with van der Waals surface area (Å²) in [5.41, 5.74) is 6.07. The third kappa shape index (κ3) is 3.01. The van der Waals surface area contributed by atoms with E-state index in [0.717, 1.165) is 13.0 Å². The third-order valence-electron chi connectivity index (χ3n) is 2.46. The van der Waals surface area contributed by atoms with Gasteiger partial charge < -0.3 is 10.5 Å². The molecule has 0 bridgehead atoms. The molecule has 92 valence electrons. The molecule has 0 spiro atoms. The molecule has 2 N–H and O–H groups in total. The number of anilines is 1. The molecular weight excluding hydrogens is 228 g/mol. The molecule has 0 radical (unpaired) electrons. The van der Waals surface area contributed by atoms with E-state index < -0.39 is 0 Å². The van der Waals surface area contributed by atoms with E-state index in [2.05, 4.69) is 11.2 Å². The summed E-state index contributed by atoms with van der Waals surface area (Å²) in [6, 6.07) is 11.1. The van der Waals surface area contributed by atoms with Gasteiger partial charge in [-0.3, -0.25) is 4.68 Å². The number of aryl methyl sites for hydroxylation is 1. The minimum absolute atomic E-state index is 0.519. The van der Waals surface area contributed by atoms with Crippen LogP contribution in [-0.4, -0.2) is 16.4 Å². The predicted molar refractivity (Wildman–Crippen MR) is 67.9 cm³/mol. The van der Waals surface area contributed by atoms with Gasteiger partial charge in [-0.1, -0.05) is 12.1 Å². The van der Waals surface area contributed by atoms with E-state index in [9.17, 15) is 0 Å². The Hall–Kier alpha value is -2.48. The van der Waals surface area contributed by atoms with Crippen molar-refractivity contribution in [2.45, 2.75) is 13.0 Å². The van der Waals surface area contributed by atoms with Gasteiger partial charge >= 0.3 is 0 Å². The minimum atomic E-state index is 0.519. The minimum Gasteiger partial charge on any atom is -0.492 e. The van der Waals surface area contributed by atoms with Crippen LogP contribution in [0.15, 0.2) is 36.5 Å². The molecule has 1 aromatic carbocycles. The van der Waals surface area contributed by atoms with Gasteiger partial charge in [0.15, 0.2) is 0 Å². The van der Waals surface area contributed by atoms with Crippen LogP contribution in [0.2, 0.25) is 0 Å². The molecule has 0 saturated carbocycles. The average molecular weight is 242 g/mol. The average Bonchev–Trinajstić information content (AvgIpc) is 2.81. The van der Waals surface area contributed by atoms with Crippen molar-refractivity contribution < 1.29 is 4.74 Å². The number of nitrogens with two attached hydrogens (primary N) is 1. The number of nitrogens with zero attached hydrogens (tertiary/aromatic N) is 3. The standard InChI is InChI=1S/C13H14N4O/c14-10-11-4-1-2-5-12(11)18-9-3-7-17-8-6-13(15)16-17/h1-2,4-6,8H,3,7,9H2,(H2,15,16). The highest BCUT2D eigenvalue weighted by Gasteiger charge is 2.01. The van der Waals surface area contributed by atoms with Gasteiger partial charge in [-0.2, -0.15) is 10.4 Å². The molecule has 18 heavy (non-hydrogen) atoms. The topological polar surface area (TPSA) is 76.9 Å². The smallest absolute Gasteiger partial charge is 0.145 e. The first kappa shape index (κ1) is 12.0. The highest BCUT2D eigenvalue weighted by Crippen LogP contribution is 2.16. The van der Waals surface area contributed by atoms with Crippen molar-refractivity contribution in [2.75, 3.05) is 12.3 Å². The molecule has 5 nitrogen and oxygen atoms in total. The number of ether oxygens (including phenoxy) is 1. The maximum Gasteiger partial charge on any atom is 0.145 e. The van der Waals surface area contributed by atoms with Crippen molar-refractivity contribution in [1.29, 1.82) is 5.26 Å². The van der Waals surface area contributed by atoms with Crippen LogP contribution >= 0.6 is 0 Å². The number of para-hydroxylation sites is 1. The fourth-order valence-electron chi connectivity index (χ4n) is 1.60. The Balaban J connectivity index is 1.80. The van der Waals surface area contributed by atoms with Crippen LogP contribution in [0.25, 0.3) is 0 Å². The Kier molecular flexibility index (Phi) is 3.82. The molecule has 0 saturated heterocycles. The zero-order valence-electron chi connectivity index (χ0n) is 9.91. The molecule has 2 aromatic rings. The number of nitriles is 1. The van der Waals surface area contributed by atoms with Crippen molar-refractivity contribution >= 4 is 5.82 Å². The lowest BCUT2D eigenvalue weighted by Gasteiger charge is -2.07. The molecule has 0 aliphatic rings. The SMILES string of the molecule is N#Cc1ccccc1OCCCn1ccc(N)n1. The molecule has 0 aliphatic carbocycles. The number of aromatic nitrogens is 2. The van der Waals surface area contributed by atoms with Crippen molar-refractivity contribution in [3.8, 4) is 11.8 Å². The molecular formula is C13H14N4O. The first-order valence-corrected chi connectivity index (χ1v) is 5.70. The first-order chi connectivity index (χ1) is 8.79. The maximum atomic E-state index is 8.90. The fourth-order valence-corrected chi connectivity index (χ4v) is 1.60. The van der Waals surface area contributed by atoms with Crippen LogP contribution in [-0.2, 0) is 6.54 Å². The fraction of sp³-hybridized carbons (Fsp3) is 0.231. The lowest BCUT2D eigenvalue weighted by molar-refractivity contribution is 0.298. The maximum absolute atomic E-state index is 8.90. The summed E-state index contributed by atoms with van der Waals surface area (Å²) in [5.74, 6) is 1.14. The summed E-state index contributed by atoms with van der Waals surface area (Å²) < 4.78 is 7.33. The summed E-state index contributed by atoms with van der Waals surface area (Å²) in [7, 11) is 0. The first-order valence-electron chi connectivity index (χ1n) is 5.70. The van der Waals surface area contributed by atoms with Crippen LogP contribution in [0.3, 0.4) is 0 Å². The normalized spacial score (nSPS) is 9.94. The summed E-state index contributed by atoms with van der Waals surface area (Å²) in [6.07, 6.45) is 2.64. The van der Waals surface area contributed by atoms with Gasteiger partial charge in [0.05, 0.1) is 12.2 Å². The van der Waals surface area contributed by atoms with Crippen LogP contribution in [0.5, 0.6) is 5.75 Å². The second kappa shape index (κ2) is 5.73. The van der Waals surface area contributed by atoms with Crippen LogP contribution in [0.4, 0.5) is 5.82 Å². The predicted octanol–water partition coefficient (Wildman–Crippen LogP) is 1.81. The molecule has 5 heteroatoms. The van der Waals surface area contributed by atoms with Gasteiger partial charge in [-0.25, -0.2) is 0 Å². The molecule has 0 unspecified atom stereocenters. The zero-order chi connectivity index (χ0) is 12.8. The van der Waals surface area contributed by atoms with E-state index in [1.54, 1.807) is 22.9 Å². The number of rotatable bonds is 5. The van der Waals surface area contributed by atoms with Gasteiger partial charge in [0.25, 0.3) is 0 Å². The van der Waals surface area contributed by atoms with Crippen LogP contribution in [0, 0.1) is 11.3 Å². The van der Waals surface area contributed by atoms with Crippen molar-refractivity contribution in [1.82, 2.24) is 9.78 Å². The molecule has 1 heterocycles. The summed E-state index contributed by atoms with van der Waals surface area (Å²) in [4.78, 5) is 0. The summed E-state index contributed by atoms with van der Waals surface area (Å²) in [6.45, 7) is 1.28. The van der Waals surface area contributed by atoms with E-state index in [1.807, 2.05) is 18.3 Å². The van der Waals surface area contributed by atoms with E-state index in [0.29, 0.717) is 23.7 Å². The van der Waals surface area contributed by atoms with Gasteiger partial charge in [0, 0.05) is 19.2 Å². The van der Waals surface area contributed by atoms with Crippen LogP contribution in [0.1, 0.15) is 12.0 Å². The summed E-state index contributed by atoms with van der Waals surface area (Å²) >= 11 is 0. The number of benzene rings is 1. The Labute approximate surface area is 105 Å². The monoisotopic (exact) mass is 242 g/mol. The van der Waals surface area contributed by atoms with Crippen molar-refractivity contribution in [3.05, 3.63) is 42.1 Å².